The highest BCUT2D eigenvalue weighted by Crippen LogP contribution is 2.30. The van der Waals surface area contributed by atoms with Crippen molar-refractivity contribution in [3.8, 4) is 11.3 Å². The van der Waals surface area contributed by atoms with Gasteiger partial charge in [-0.25, -0.2) is 4.98 Å². The fraction of sp³-hybridized carbons (Fsp3) is 0.238. The molecule has 132 valence electrons. The second-order valence-electron chi connectivity index (χ2n) is 6.62. The number of hydrogen-bond acceptors (Lipinski definition) is 4. The highest BCUT2D eigenvalue weighted by atomic mass is 16.3. The third-order valence-electron chi connectivity index (χ3n) is 4.80. The Morgan fingerprint density at radius 1 is 1.27 bits per heavy atom. The maximum absolute atomic E-state index is 12.5. The molecule has 2 aromatic carbocycles. The highest BCUT2D eigenvalue weighted by Gasteiger charge is 2.24. The van der Waals surface area contributed by atoms with Crippen molar-refractivity contribution in [1.82, 2.24) is 4.98 Å². The van der Waals surface area contributed by atoms with Gasteiger partial charge in [-0.2, -0.15) is 0 Å². The van der Waals surface area contributed by atoms with Crippen LogP contribution in [0.2, 0.25) is 0 Å². The minimum absolute atomic E-state index is 0.0107. The van der Waals surface area contributed by atoms with Crippen molar-refractivity contribution in [3.63, 3.8) is 0 Å². The fourth-order valence-electron chi connectivity index (χ4n) is 3.52. The Morgan fingerprint density at radius 2 is 2.15 bits per heavy atom. The SMILES string of the molecule is CC(CC(=O)Nc1cccc(-c2cnco2)c1)N1CCc2ccccc21. The Hall–Kier alpha value is -3.08. The number of nitrogens with one attached hydrogen (secondary N) is 1. The molecule has 1 aromatic heterocycles. The molecule has 0 bridgehead atoms. The van der Waals surface area contributed by atoms with Crippen LogP contribution in [0.1, 0.15) is 18.9 Å². The topological polar surface area (TPSA) is 58.4 Å². The van der Waals surface area contributed by atoms with Crippen LogP contribution >= 0.6 is 0 Å². The number of carbonyl (C=O) groups excluding carboxylic acids is 1. The standard InChI is InChI=1S/C21H21N3O2/c1-15(24-10-9-16-5-2-3-8-19(16)24)11-21(25)23-18-7-4-6-17(12-18)20-13-22-14-26-20/h2-8,12-15H,9-11H2,1H3,(H,23,25). The van der Waals surface area contributed by atoms with Gasteiger partial charge in [-0.15, -0.1) is 0 Å². The predicted octanol–water partition coefficient (Wildman–Crippen LogP) is 4.12. The second-order valence-corrected chi connectivity index (χ2v) is 6.62. The third kappa shape index (κ3) is 3.33. The smallest absolute Gasteiger partial charge is 0.226 e. The predicted molar refractivity (Wildman–Crippen MR) is 102 cm³/mol. The number of nitrogens with zero attached hydrogens (tertiary/aromatic N) is 2. The molecule has 0 saturated carbocycles. The molecule has 3 aromatic rings. The van der Waals surface area contributed by atoms with E-state index in [1.165, 1.54) is 17.6 Å². The molecule has 1 unspecified atom stereocenters. The molecule has 2 heterocycles. The quantitative estimate of drug-likeness (QED) is 0.754. The molecule has 0 radical (unpaired) electrons. The van der Waals surface area contributed by atoms with Crippen LogP contribution in [0.3, 0.4) is 0 Å². The number of hydrogen-bond donors (Lipinski definition) is 1. The summed E-state index contributed by atoms with van der Waals surface area (Å²) >= 11 is 0. The van der Waals surface area contributed by atoms with E-state index in [0.29, 0.717) is 12.2 Å². The summed E-state index contributed by atoms with van der Waals surface area (Å²) < 4.78 is 5.31. The third-order valence-corrected chi connectivity index (χ3v) is 4.80. The van der Waals surface area contributed by atoms with Gasteiger partial charge in [-0.05, 0) is 37.1 Å². The van der Waals surface area contributed by atoms with Gasteiger partial charge in [0.2, 0.25) is 5.91 Å². The normalized spacial score (nSPS) is 14.1. The van der Waals surface area contributed by atoms with Crippen LogP contribution in [-0.2, 0) is 11.2 Å². The number of aromatic nitrogens is 1. The number of benzene rings is 2. The van der Waals surface area contributed by atoms with Gasteiger partial charge in [0, 0.05) is 35.9 Å². The first-order valence-electron chi connectivity index (χ1n) is 8.84. The van der Waals surface area contributed by atoms with Crippen molar-refractivity contribution in [2.45, 2.75) is 25.8 Å². The molecule has 0 aliphatic carbocycles. The lowest BCUT2D eigenvalue weighted by Gasteiger charge is -2.27. The molecule has 1 aliphatic rings. The van der Waals surface area contributed by atoms with Gasteiger partial charge in [0.15, 0.2) is 12.2 Å². The zero-order chi connectivity index (χ0) is 17.9. The van der Waals surface area contributed by atoms with Crippen molar-refractivity contribution in [2.75, 3.05) is 16.8 Å². The summed E-state index contributed by atoms with van der Waals surface area (Å²) in [4.78, 5) is 18.8. The van der Waals surface area contributed by atoms with Crippen LogP contribution in [0.15, 0.2) is 65.5 Å². The van der Waals surface area contributed by atoms with Crippen LogP contribution < -0.4 is 10.2 Å². The number of carbonyl (C=O) groups is 1. The second kappa shape index (κ2) is 7.04. The van der Waals surface area contributed by atoms with E-state index in [9.17, 15) is 4.79 Å². The molecule has 0 saturated heterocycles. The molecule has 1 amide bonds. The number of anilines is 2. The van der Waals surface area contributed by atoms with Gasteiger partial charge < -0.3 is 14.6 Å². The minimum atomic E-state index is 0.0107. The van der Waals surface area contributed by atoms with Gasteiger partial charge in [0.25, 0.3) is 0 Å². The molecule has 0 fully saturated rings. The first-order valence-corrected chi connectivity index (χ1v) is 8.84. The largest absolute Gasteiger partial charge is 0.444 e. The monoisotopic (exact) mass is 347 g/mol. The van der Waals surface area contributed by atoms with Gasteiger partial charge >= 0.3 is 0 Å². The van der Waals surface area contributed by atoms with Crippen LogP contribution in [0, 0.1) is 0 Å². The van der Waals surface area contributed by atoms with E-state index in [2.05, 4.69) is 46.4 Å². The van der Waals surface area contributed by atoms with Gasteiger partial charge in [-0.1, -0.05) is 30.3 Å². The fourth-order valence-corrected chi connectivity index (χ4v) is 3.52. The van der Waals surface area contributed by atoms with Crippen LogP contribution in [0.4, 0.5) is 11.4 Å². The van der Waals surface area contributed by atoms with E-state index in [0.717, 1.165) is 24.2 Å². The summed E-state index contributed by atoms with van der Waals surface area (Å²) in [7, 11) is 0. The van der Waals surface area contributed by atoms with Crippen molar-refractivity contribution < 1.29 is 9.21 Å². The number of amides is 1. The summed E-state index contributed by atoms with van der Waals surface area (Å²) in [5, 5.41) is 2.99. The van der Waals surface area contributed by atoms with E-state index < -0.39 is 0 Å². The number of oxazole rings is 1. The van der Waals surface area contributed by atoms with E-state index in [1.54, 1.807) is 6.20 Å². The van der Waals surface area contributed by atoms with Crippen LogP contribution in [0.5, 0.6) is 0 Å². The van der Waals surface area contributed by atoms with E-state index >= 15 is 0 Å². The summed E-state index contributed by atoms with van der Waals surface area (Å²) in [5.74, 6) is 0.694. The number of rotatable bonds is 5. The van der Waals surface area contributed by atoms with Gasteiger partial charge in [0.05, 0.1) is 6.20 Å². The van der Waals surface area contributed by atoms with Crippen molar-refractivity contribution >= 4 is 17.3 Å². The lowest BCUT2D eigenvalue weighted by Crippen LogP contribution is -2.34. The maximum Gasteiger partial charge on any atom is 0.226 e. The summed E-state index contributed by atoms with van der Waals surface area (Å²) in [5.41, 5.74) is 4.26. The van der Waals surface area contributed by atoms with Gasteiger partial charge in [0.1, 0.15) is 0 Å². The average molecular weight is 347 g/mol. The molecule has 26 heavy (non-hydrogen) atoms. The zero-order valence-corrected chi connectivity index (χ0v) is 14.7. The van der Waals surface area contributed by atoms with Crippen molar-refractivity contribution in [3.05, 3.63) is 66.7 Å². The summed E-state index contributed by atoms with van der Waals surface area (Å²) in [6.07, 6.45) is 4.55. The van der Waals surface area contributed by atoms with Crippen molar-refractivity contribution in [1.29, 1.82) is 0 Å². The van der Waals surface area contributed by atoms with E-state index in [4.69, 9.17) is 4.42 Å². The molecule has 1 atom stereocenters. The number of para-hydroxylation sites is 1. The molecule has 5 heteroatoms. The molecular weight excluding hydrogens is 326 g/mol. The molecule has 4 rings (SSSR count). The lowest BCUT2D eigenvalue weighted by atomic mass is 10.1. The molecular formula is C21H21N3O2. The Labute approximate surface area is 152 Å². The molecule has 0 spiro atoms. The Balaban J connectivity index is 1.41. The van der Waals surface area contributed by atoms with Crippen LogP contribution in [-0.4, -0.2) is 23.5 Å². The van der Waals surface area contributed by atoms with Crippen LogP contribution in [0.25, 0.3) is 11.3 Å². The maximum atomic E-state index is 12.5. The Kier molecular flexibility index (Phi) is 4.44. The molecule has 1 N–H and O–H groups in total. The number of fused-ring (bicyclic) bond motifs is 1. The summed E-state index contributed by atoms with van der Waals surface area (Å²) in [6.45, 7) is 3.07. The van der Waals surface area contributed by atoms with Crippen molar-refractivity contribution in [2.24, 2.45) is 0 Å². The first kappa shape index (κ1) is 16.4. The first-order chi connectivity index (χ1) is 12.7. The van der Waals surface area contributed by atoms with E-state index in [1.807, 2.05) is 24.3 Å². The van der Waals surface area contributed by atoms with E-state index in [-0.39, 0.29) is 11.9 Å². The molecule has 1 aliphatic heterocycles. The Bertz CT molecular complexity index is 905. The minimum Gasteiger partial charge on any atom is -0.444 e. The highest BCUT2D eigenvalue weighted by molar-refractivity contribution is 5.92. The average Bonchev–Trinajstić information content (AvgIpc) is 3.32. The Morgan fingerprint density at radius 3 is 3.00 bits per heavy atom. The molecule has 5 nitrogen and oxygen atoms in total. The zero-order valence-electron chi connectivity index (χ0n) is 14.7. The summed E-state index contributed by atoms with van der Waals surface area (Å²) in [6, 6.07) is 16.2. The van der Waals surface area contributed by atoms with Gasteiger partial charge in [-0.3, -0.25) is 4.79 Å². The lowest BCUT2D eigenvalue weighted by molar-refractivity contribution is -0.116.